The molecule has 0 saturated carbocycles. The topological polar surface area (TPSA) is 53.4 Å². The second kappa shape index (κ2) is 5.90. The number of aromatic nitrogens is 1. The number of piperidine rings is 1. The second-order valence-corrected chi connectivity index (χ2v) is 6.13. The van der Waals surface area contributed by atoms with E-state index in [1.165, 1.54) is 0 Å². The first kappa shape index (κ1) is 14.3. The number of anilines is 1. The van der Waals surface area contributed by atoms with Gasteiger partial charge in [-0.15, -0.1) is 11.3 Å². The fraction of sp³-hybridized carbons (Fsp3) is 0.714. The maximum absolute atomic E-state index is 11.5. The number of carboxylic acids is 1. The van der Waals surface area contributed by atoms with Crippen LogP contribution in [0.5, 0.6) is 0 Å². The number of thiazole rings is 1. The molecule has 1 aliphatic rings. The van der Waals surface area contributed by atoms with Gasteiger partial charge in [0.1, 0.15) is 0 Å². The Balaban J connectivity index is 2.03. The number of aliphatic carboxylic acids is 1. The first-order chi connectivity index (χ1) is 9.11. The molecular weight excluding hydrogens is 260 g/mol. The zero-order valence-corrected chi connectivity index (χ0v) is 12.5. The molecule has 0 amide bonds. The van der Waals surface area contributed by atoms with Crippen molar-refractivity contribution in [3.63, 3.8) is 0 Å². The monoisotopic (exact) mass is 282 g/mol. The minimum absolute atomic E-state index is 0.504. The van der Waals surface area contributed by atoms with Crippen molar-refractivity contribution in [2.75, 3.05) is 18.0 Å². The smallest absolute Gasteiger partial charge is 0.309 e. The van der Waals surface area contributed by atoms with E-state index in [2.05, 4.69) is 29.1 Å². The van der Waals surface area contributed by atoms with Gasteiger partial charge >= 0.3 is 5.97 Å². The molecule has 1 aliphatic heterocycles. The summed E-state index contributed by atoms with van der Waals surface area (Å²) >= 11 is 1.67. The number of nitrogens with zero attached hydrogens (tertiary/aromatic N) is 2. The number of carboxylic acid groups (broad SMARTS) is 1. The number of hydrogen-bond donors (Lipinski definition) is 1. The van der Waals surface area contributed by atoms with Crippen molar-refractivity contribution in [3.05, 3.63) is 11.1 Å². The molecule has 2 heterocycles. The lowest BCUT2D eigenvalue weighted by atomic mass is 9.75. The third-order valence-electron chi connectivity index (χ3n) is 4.08. The van der Waals surface area contributed by atoms with E-state index in [4.69, 9.17) is 0 Å². The minimum Gasteiger partial charge on any atom is -0.481 e. The first-order valence-electron chi connectivity index (χ1n) is 7.04. The quantitative estimate of drug-likeness (QED) is 0.901. The standard InChI is InChI=1S/C14H22N2O2S/c1-3-5-14(12(17)18)6-8-16(9-7-14)13-15-11(4-2)10-19-13/h10H,3-9H2,1-2H3,(H,17,18). The molecule has 0 aromatic carbocycles. The third-order valence-corrected chi connectivity index (χ3v) is 5.03. The van der Waals surface area contributed by atoms with Crippen molar-refractivity contribution in [2.45, 2.75) is 46.0 Å². The predicted molar refractivity (Wildman–Crippen MR) is 77.9 cm³/mol. The maximum atomic E-state index is 11.5. The highest BCUT2D eigenvalue weighted by Crippen LogP contribution is 2.38. The zero-order valence-electron chi connectivity index (χ0n) is 11.7. The Morgan fingerprint density at radius 2 is 2.16 bits per heavy atom. The van der Waals surface area contributed by atoms with Crippen molar-refractivity contribution in [2.24, 2.45) is 5.41 Å². The van der Waals surface area contributed by atoms with Gasteiger partial charge in [-0.05, 0) is 25.7 Å². The molecule has 1 aromatic heterocycles. The van der Waals surface area contributed by atoms with Crippen molar-refractivity contribution in [1.29, 1.82) is 0 Å². The highest BCUT2D eigenvalue weighted by atomic mass is 32.1. The molecule has 0 bridgehead atoms. The molecule has 1 fully saturated rings. The summed E-state index contributed by atoms with van der Waals surface area (Å²) in [6, 6.07) is 0. The van der Waals surface area contributed by atoms with E-state index in [0.717, 1.165) is 56.0 Å². The second-order valence-electron chi connectivity index (χ2n) is 5.30. The highest BCUT2D eigenvalue weighted by molar-refractivity contribution is 7.13. The van der Waals surface area contributed by atoms with Gasteiger partial charge < -0.3 is 10.0 Å². The van der Waals surface area contributed by atoms with Crippen molar-refractivity contribution < 1.29 is 9.90 Å². The average Bonchev–Trinajstić information content (AvgIpc) is 2.88. The Morgan fingerprint density at radius 3 is 2.63 bits per heavy atom. The van der Waals surface area contributed by atoms with Gasteiger partial charge in [0, 0.05) is 18.5 Å². The van der Waals surface area contributed by atoms with Gasteiger partial charge in [0.25, 0.3) is 0 Å². The van der Waals surface area contributed by atoms with Crippen LogP contribution in [-0.4, -0.2) is 29.1 Å². The number of rotatable bonds is 5. The van der Waals surface area contributed by atoms with Crippen LogP contribution >= 0.6 is 11.3 Å². The lowest BCUT2D eigenvalue weighted by molar-refractivity contribution is -0.150. The number of hydrogen-bond acceptors (Lipinski definition) is 4. The molecule has 106 valence electrons. The van der Waals surface area contributed by atoms with Crippen LogP contribution < -0.4 is 4.90 Å². The Bertz CT molecular complexity index is 436. The summed E-state index contributed by atoms with van der Waals surface area (Å²) < 4.78 is 0. The lowest BCUT2D eigenvalue weighted by Crippen LogP contribution is -2.44. The van der Waals surface area contributed by atoms with E-state index in [0.29, 0.717) is 0 Å². The van der Waals surface area contributed by atoms with Crippen LogP contribution in [-0.2, 0) is 11.2 Å². The van der Waals surface area contributed by atoms with Gasteiger partial charge in [0.15, 0.2) is 5.13 Å². The van der Waals surface area contributed by atoms with Crippen molar-refractivity contribution in [1.82, 2.24) is 4.98 Å². The Hall–Kier alpha value is -1.10. The average molecular weight is 282 g/mol. The fourth-order valence-corrected chi connectivity index (χ4v) is 3.74. The molecule has 0 unspecified atom stereocenters. The van der Waals surface area contributed by atoms with Gasteiger partial charge in [0.05, 0.1) is 11.1 Å². The van der Waals surface area contributed by atoms with Crippen LogP contribution in [0.2, 0.25) is 0 Å². The first-order valence-corrected chi connectivity index (χ1v) is 7.92. The van der Waals surface area contributed by atoms with E-state index in [9.17, 15) is 9.90 Å². The number of carbonyl (C=O) groups is 1. The Kier molecular flexibility index (Phi) is 4.45. The molecule has 1 N–H and O–H groups in total. The molecule has 4 nitrogen and oxygen atoms in total. The molecule has 19 heavy (non-hydrogen) atoms. The molecule has 2 rings (SSSR count). The van der Waals surface area contributed by atoms with Crippen LogP contribution in [0.1, 0.15) is 45.2 Å². The third kappa shape index (κ3) is 2.91. The lowest BCUT2D eigenvalue weighted by Gasteiger charge is -2.38. The number of aryl methyl sites for hydroxylation is 1. The predicted octanol–water partition coefficient (Wildman–Crippen LogP) is 3.18. The van der Waals surface area contributed by atoms with E-state index in [1.807, 2.05) is 0 Å². The van der Waals surface area contributed by atoms with E-state index in [1.54, 1.807) is 11.3 Å². The van der Waals surface area contributed by atoms with Crippen LogP contribution in [0.15, 0.2) is 5.38 Å². The normalized spacial score (nSPS) is 18.5. The van der Waals surface area contributed by atoms with Gasteiger partial charge in [-0.2, -0.15) is 0 Å². The van der Waals surface area contributed by atoms with Gasteiger partial charge in [0.2, 0.25) is 0 Å². The van der Waals surface area contributed by atoms with E-state index in [-0.39, 0.29) is 0 Å². The van der Waals surface area contributed by atoms with Crippen LogP contribution in [0, 0.1) is 5.41 Å². The summed E-state index contributed by atoms with van der Waals surface area (Å²) in [7, 11) is 0. The molecule has 1 saturated heterocycles. The van der Waals surface area contributed by atoms with Gasteiger partial charge in [-0.1, -0.05) is 20.3 Å². The summed E-state index contributed by atoms with van der Waals surface area (Å²) in [4.78, 5) is 18.4. The minimum atomic E-state index is -0.623. The van der Waals surface area contributed by atoms with Crippen LogP contribution in [0.4, 0.5) is 5.13 Å². The van der Waals surface area contributed by atoms with E-state index >= 15 is 0 Å². The molecule has 5 heteroatoms. The Labute approximate surface area is 118 Å². The maximum Gasteiger partial charge on any atom is 0.309 e. The SMILES string of the molecule is CCCC1(C(=O)O)CCN(c2nc(CC)cs2)CC1. The molecule has 0 radical (unpaired) electrons. The molecule has 0 aliphatic carbocycles. The highest BCUT2D eigenvalue weighted by Gasteiger charge is 2.40. The molecule has 0 spiro atoms. The molecule has 1 aromatic rings. The summed E-state index contributed by atoms with van der Waals surface area (Å²) in [5, 5.41) is 12.6. The van der Waals surface area contributed by atoms with E-state index < -0.39 is 11.4 Å². The van der Waals surface area contributed by atoms with Gasteiger partial charge in [-0.25, -0.2) is 4.98 Å². The fourth-order valence-electron chi connectivity index (χ4n) is 2.78. The van der Waals surface area contributed by atoms with Crippen molar-refractivity contribution in [3.8, 4) is 0 Å². The molecular formula is C14H22N2O2S. The van der Waals surface area contributed by atoms with Gasteiger partial charge in [-0.3, -0.25) is 4.79 Å². The largest absolute Gasteiger partial charge is 0.481 e. The summed E-state index contributed by atoms with van der Waals surface area (Å²) in [6.07, 6.45) is 4.14. The summed E-state index contributed by atoms with van der Waals surface area (Å²) in [6.45, 7) is 5.78. The zero-order chi connectivity index (χ0) is 13.9. The summed E-state index contributed by atoms with van der Waals surface area (Å²) in [5.41, 5.74) is 0.624. The molecule has 0 atom stereocenters. The van der Waals surface area contributed by atoms with Crippen LogP contribution in [0.25, 0.3) is 0 Å². The Morgan fingerprint density at radius 1 is 1.47 bits per heavy atom. The summed E-state index contributed by atoms with van der Waals surface area (Å²) in [5.74, 6) is -0.623. The van der Waals surface area contributed by atoms with Crippen LogP contribution in [0.3, 0.4) is 0 Å². The van der Waals surface area contributed by atoms with Crippen molar-refractivity contribution >= 4 is 22.4 Å².